The van der Waals surface area contributed by atoms with Gasteiger partial charge in [0.25, 0.3) is 17.8 Å². The molecule has 3 rings (SSSR count). The van der Waals surface area contributed by atoms with Gasteiger partial charge in [-0.2, -0.15) is 0 Å². The van der Waals surface area contributed by atoms with Crippen molar-refractivity contribution < 1.29 is 19.0 Å². The third-order valence-electron chi connectivity index (χ3n) is 4.18. The number of rotatable bonds is 4. The number of ketones is 1. The zero-order chi connectivity index (χ0) is 18.1. The number of amidine groups is 2. The maximum atomic E-state index is 12.7. The van der Waals surface area contributed by atoms with E-state index in [1.807, 2.05) is 13.0 Å². The molecule has 0 aliphatic carbocycles. The van der Waals surface area contributed by atoms with Crippen molar-refractivity contribution in [2.45, 2.75) is 13.0 Å². The predicted octanol–water partition coefficient (Wildman–Crippen LogP) is 1.30. The average Bonchev–Trinajstić information content (AvgIpc) is 2.97. The van der Waals surface area contributed by atoms with Gasteiger partial charge in [0, 0.05) is 25.4 Å². The van der Waals surface area contributed by atoms with E-state index in [1.54, 1.807) is 35.9 Å². The van der Waals surface area contributed by atoms with Crippen LogP contribution in [0, 0.1) is 0 Å². The Balaban J connectivity index is 1.96. The topological polar surface area (TPSA) is 73.1 Å². The van der Waals surface area contributed by atoms with Crippen LogP contribution < -0.4 is 0 Å². The SMILES string of the molecule is CCSC1=[N+](CC(=O)c2ccccc2)C2C(=O)N(C)C(=O)N(C)C2=N1. The van der Waals surface area contributed by atoms with E-state index < -0.39 is 12.1 Å². The molecule has 130 valence electrons. The highest BCUT2D eigenvalue weighted by Crippen LogP contribution is 2.23. The number of carbonyl (C=O) groups excluding carboxylic acids is 3. The van der Waals surface area contributed by atoms with Crippen LogP contribution in [-0.4, -0.2) is 75.5 Å². The van der Waals surface area contributed by atoms with Crippen molar-refractivity contribution >= 4 is 40.5 Å². The molecule has 25 heavy (non-hydrogen) atoms. The van der Waals surface area contributed by atoms with Gasteiger partial charge < -0.3 is 0 Å². The Morgan fingerprint density at radius 3 is 2.52 bits per heavy atom. The molecule has 0 saturated carbocycles. The summed E-state index contributed by atoms with van der Waals surface area (Å²) >= 11 is 1.45. The molecular weight excluding hydrogens is 340 g/mol. The molecule has 2 heterocycles. The number of hydrogen-bond donors (Lipinski definition) is 0. The van der Waals surface area contributed by atoms with Crippen molar-refractivity contribution in [2.24, 2.45) is 4.99 Å². The van der Waals surface area contributed by atoms with Gasteiger partial charge in [-0.05, 0) is 16.8 Å². The molecular formula is C17H19N4O3S+. The lowest BCUT2D eigenvalue weighted by Crippen LogP contribution is -2.61. The van der Waals surface area contributed by atoms with Crippen molar-refractivity contribution in [1.29, 1.82) is 0 Å². The first kappa shape index (κ1) is 17.3. The highest BCUT2D eigenvalue weighted by Gasteiger charge is 2.53. The second-order valence-electron chi connectivity index (χ2n) is 5.74. The smallest absolute Gasteiger partial charge is 0.290 e. The highest BCUT2D eigenvalue weighted by atomic mass is 32.2. The number of amides is 3. The fourth-order valence-electron chi connectivity index (χ4n) is 2.85. The minimum Gasteiger partial charge on any atom is -0.290 e. The number of benzene rings is 1. The first-order valence-corrected chi connectivity index (χ1v) is 8.92. The summed E-state index contributed by atoms with van der Waals surface area (Å²) in [6.45, 7) is 2.01. The second kappa shape index (κ2) is 6.79. The minimum atomic E-state index is -0.741. The summed E-state index contributed by atoms with van der Waals surface area (Å²) in [5.41, 5.74) is 0.581. The van der Waals surface area contributed by atoms with Gasteiger partial charge in [-0.25, -0.2) is 9.37 Å². The first-order chi connectivity index (χ1) is 12.0. The van der Waals surface area contributed by atoms with Gasteiger partial charge in [0.2, 0.25) is 5.78 Å². The Bertz CT molecular complexity index is 803. The molecule has 1 atom stereocenters. The van der Waals surface area contributed by atoms with Crippen molar-refractivity contribution in [1.82, 2.24) is 9.80 Å². The molecule has 3 amide bonds. The number of likely N-dealkylation sites (N-methyl/N-ethyl adjacent to an activating group) is 2. The zero-order valence-electron chi connectivity index (χ0n) is 14.3. The molecule has 0 radical (unpaired) electrons. The Kier molecular flexibility index (Phi) is 4.71. The fourth-order valence-corrected chi connectivity index (χ4v) is 3.60. The molecule has 7 nitrogen and oxygen atoms in total. The fraction of sp³-hybridized carbons (Fsp3) is 0.353. The summed E-state index contributed by atoms with van der Waals surface area (Å²) < 4.78 is 1.70. The quantitative estimate of drug-likeness (QED) is 0.600. The summed E-state index contributed by atoms with van der Waals surface area (Å²) in [6, 6.07) is 7.78. The summed E-state index contributed by atoms with van der Waals surface area (Å²) in [6.07, 6.45) is 0. The Morgan fingerprint density at radius 2 is 1.88 bits per heavy atom. The van der Waals surface area contributed by atoms with Crippen LogP contribution in [-0.2, 0) is 4.79 Å². The number of hydrogen-bond acceptors (Lipinski definition) is 5. The van der Waals surface area contributed by atoms with E-state index in [0.717, 1.165) is 10.7 Å². The minimum absolute atomic E-state index is 0.0334. The molecule has 0 bridgehead atoms. The average molecular weight is 359 g/mol. The number of thioether (sulfide) groups is 1. The number of urea groups is 1. The van der Waals surface area contributed by atoms with Crippen LogP contribution in [0.3, 0.4) is 0 Å². The van der Waals surface area contributed by atoms with Crippen LogP contribution >= 0.6 is 11.8 Å². The molecule has 0 N–H and O–H groups in total. The molecule has 0 spiro atoms. The molecule has 0 aromatic heterocycles. The molecule has 1 aromatic carbocycles. The number of fused-ring (bicyclic) bond motifs is 1. The molecule has 1 saturated heterocycles. The van der Waals surface area contributed by atoms with E-state index in [4.69, 9.17) is 0 Å². The van der Waals surface area contributed by atoms with E-state index in [-0.39, 0.29) is 18.2 Å². The lowest BCUT2D eigenvalue weighted by Gasteiger charge is -2.30. The molecule has 8 heteroatoms. The molecule has 2 aliphatic rings. The van der Waals surface area contributed by atoms with Crippen molar-refractivity contribution in [3.8, 4) is 0 Å². The van der Waals surface area contributed by atoms with E-state index in [0.29, 0.717) is 16.6 Å². The Hall–Kier alpha value is -2.48. The number of carbonyl (C=O) groups is 3. The van der Waals surface area contributed by atoms with Gasteiger partial charge in [-0.1, -0.05) is 37.3 Å². The summed E-state index contributed by atoms with van der Waals surface area (Å²) in [5, 5.41) is 0.593. The molecule has 1 aromatic rings. The lowest BCUT2D eigenvalue weighted by atomic mass is 10.1. The normalized spacial score (nSPS) is 20.1. The predicted molar refractivity (Wildman–Crippen MR) is 96.2 cm³/mol. The van der Waals surface area contributed by atoms with E-state index in [2.05, 4.69) is 4.99 Å². The highest BCUT2D eigenvalue weighted by molar-refractivity contribution is 8.13. The van der Waals surface area contributed by atoms with Crippen LogP contribution in [0.15, 0.2) is 35.3 Å². The van der Waals surface area contributed by atoms with Crippen molar-refractivity contribution in [3.63, 3.8) is 0 Å². The monoisotopic (exact) mass is 359 g/mol. The van der Waals surface area contributed by atoms with Crippen LogP contribution in [0.4, 0.5) is 4.79 Å². The second-order valence-corrected chi connectivity index (χ2v) is 6.98. The number of Topliss-reactive ketones (excluding diaryl/α,β-unsaturated/α-hetero) is 1. The number of nitrogens with zero attached hydrogens (tertiary/aromatic N) is 4. The maximum Gasteiger partial charge on any atom is 0.358 e. The van der Waals surface area contributed by atoms with Gasteiger partial charge in [0.05, 0.1) is 0 Å². The van der Waals surface area contributed by atoms with Gasteiger partial charge in [-0.15, -0.1) is 0 Å². The van der Waals surface area contributed by atoms with E-state index >= 15 is 0 Å². The standard InChI is InChI=1S/C17H19N4O3S/c1-4-25-16-18-14-13(15(23)20(3)17(24)19(14)2)21(16)10-12(22)11-8-6-5-7-9-11/h5-9,13H,4,10H2,1-3H3/q+1. The van der Waals surface area contributed by atoms with Gasteiger partial charge >= 0.3 is 11.2 Å². The summed E-state index contributed by atoms with van der Waals surface area (Å²) in [7, 11) is 3.04. The third-order valence-corrected chi connectivity index (χ3v) is 5.05. The largest absolute Gasteiger partial charge is 0.358 e. The molecule has 1 unspecified atom stereocenters. The van der Waals surface area contributed by atoms with E-state index in [1.165, 1.54) is 23.7 Å². The van der Waals surface area contributed by atoms with Crippen molar-refractivity contribution in [3.05, 3.63) is 35.9 Å². The van der Waals surface area contributed by atoms with Crippen molar-refractivity contribution in [2.75, 3.05) is 26.4 Å². The van der Waals surface area contributed by atoms with Crippen LogP contribution in [0.2, 0.25) is 0 Å². The Morgan fingerprint density at radius 1 is 1.20 bits per heavy atom. The molecule has 1 fully saturated rings. The van der Waals surface area contributed by atoms with Gasteiger partial charge in [0.1, 0.15) is 0 Å². The summed E-state index contributed by atoms with van der Waals surface area (Å²) in [5.74, 6) is 0.664. The summed E-state index contributed by atoms with van der Waals surface area (Å²) in [4.78, 5) is 44.4. The number of imide groups is 1. The van der Waals surface area contributed by atoms with E-state index in [9.17, 15) is 14.4 Å². The van der Waals surface area contributed by atoms with Crippen LogP contribution in [0.1, 0.15) is 17.3 Å². The van der Waals surface area contributed by atoms with Crippen LogP contribution in [0.5, 0.6) is 0 Å². The first-order valence-electron chi connectivity index (χ1n) is 7.94. The van der Waals surface area contributed by atoms with Crippen LogP contribution in [0.25, 0.3) is 0 Å². The third kappa shape index (κ3) is 2.97. The number of aliphatic imine (C=N–C) groups is 1. The van der Waals surface area contributed by atoms with Gasteiger partial charge in [-0.3, -0.25) is 19.4 Å². The zero-order valence-corrected chi connectivity index (χ0v) is 15.1. The molecule has 2 aliphatic heterocycles. The maximum absolute atomic E-state index is 12.7. The van der Waals surface area contributed by atoms with Gasteiger partial charge in [0.15, 0.2) is 6.54 Å². The Labute approximate surface area is 150 Å². The lowest BCUT2D eigenvalue weighted by molar-refractivity contribution is -0.519.